The molecule has 0 unspecified atom stereocenters. The van der Waals surface area contributed by atoms with Crippen molar-refractivity contribution < 1.29 is 17.2 Å². The van der Waals surface area contributed by atoms with Crippen LogP contribution in [0.1, 0.15) is 12.1 Å². The zero-order valence-corrected chi connectivity index (χ0v) is 8.84. The van der Waals surface area contributed by atoms with Gasteiger partial charge in [0.25, 0.3) is 6.43 Å². The average Bonchev–Trinajstić information content (AvgIpc) is 2.42. The summed E-state index contributed by atoms with van der Waals surface area (Å²) >= 11 is 0. The van der Waals surface area contributed by atoms with Crippen LogP contribution in [0.25, 0.3) is 0 Å². The zero-order chi connectivity index (χ0) is 11.6. The molecule has 0 fully saturated rings. The maximum Gasteiger partial charge on any atom is 0.282 e. The zero-order valence-electron chi connectivity index (χ0n) is 8.02. The lowest BCUT2D eigenvalue weighted by Crippen LogP contribution is -2.14. The monoisotopic (exact) mass is 239 g/mol. The van der Waals surface area contributed by atoms with Crippen molar-refractivity contribution in [3.63, 3.8) is 0 Å². The minimum Gasteiger partial charge on any atom is -0.396 e. The van der Waals surface area contributed by atoms with E-state index in [0.717, 1.165) is 17.1 Å². The van der Waals surface area contributed by atoms with Gasteiger partial charge in [-0.05, 0) is 0 Å². The van der Waals surface area contributed by atoms with E-state index in [2.05, 4.69) is 5.10 Å². The van der Waals surface area contributed by atoms with Gasteiger partial charge in [-0.1, -0.05) is 0 Å². The molecule has 0 saturated carbocycles. The molecule has 1 heterocycles. The molecule has 1 aromatic rings. The quantitative estimate of drug-likeness (QED) is 0.827. The van der Waals surface area contributed by atoms with Gasteiger partial charge in [0, 0.05) is 6.26 Å². The Morgan fingerprint density at radius 3 is 2.67 bits per heavy atom. The number of aromatic nitrogens is 2. The molecule has 1 rings (SSSR count). The van der Waals surface area contributed by atoms with Crippen molar-refractivity contribution in [1.29, 1.82) is 0 Å². The predicted molar refractivity (Wildman–Crippen MR) is 51.3 cm³/mol. The number of nitrogen functional groups attached to an aromatic ring is 1. The minimum absolute atomic E-state index is 0.115. The van der Waals surface area contributed by atoms with Crippen LogP contribution in [0.3, 0.4) is 0 Å². The van der Waals surface area contributed by atoms with Crippen LogP contribution >= 0.6 is 0 Å². The number of aryl methyl sites for hydroxylation is 1. The first kappa shape index (κ1) is 11.9. The highest BCUT2D eigenvalue weighted by Gasteiger charge is 2.18. The topological polar surface area (TPSA) is 78.0 Å². The number of hydrogen-bond donors (Lipinski definition) is 1. The molecule has 0 atom stereocenters. The Morgan fingerprint density at radius 1 is 1.60 bits per heavy atom. The molecule has 0 aliphatic carbocycles. The predicted octanol–water partition coefficient (Wildman–Crippen LogP) is 0.447. The summed E-state index contributed by atoms with van der Waals surface area (Å²) in [6.45, 7) is -0.115. The second-order valence-electron chi connectivity index (χ2n) is 3.14. The third-order valence-electron chi connectivity index (χ3n) is 1.79. The lowest BCUT2D eigenvalue weighted by Gasteiger charge is -2.06. The van der Waals surface area contributed by atoms with E-state index in [9.17, 15) is 17.2 Å². The summed E-state index contributed by atoms with van der Waals surface area (Å²) in [7, 11) is -3.20. The summed E-state index contributed by atoms with van der Waals surface area (Å²) < 4.78 is 47.5. The van der Waals surface area contributed by atoms with E-state index in [1.807, 2.05) is 0 Å². The molecule has 0 saturated heterocycles. The van der Waals surface area contributed by atoms with Gasteiger partial charge in [-0.15, -0.1) is 0 Å². The fraction of sp³-hybridized carbons (Fsp3) is 0.571. The normalized spacial score (nSPS) is 12.3. The lowest BCUT2D eigenvalue weighted by atomic mass is 10.4. The second-order valence-corrected chi connectivity index (χ2v) is 5.40. The third-order valence-corrected chi connectivity index (χ3v) is 2.71. The van der Waals surface area contributed by atoms with Crippen LogP contribution in [-0.4, -0.2) is 30.2 Å². The summed E-state index contributed by atoms with van der Waals surface area (Å²) in [5.74, 6) is -0.242. The van der Waals surface area contributed by atoms with Gasteiger partial charge in [0.2, 0.25) is 0 Å². The molecular weight excluding hydrogens is 228 g/mol. The Bertz CT molecular complexity index is 441. The number of halogens is 2. The molecule has 0 aliphatic rings. The molecule has 1 aromatic heterocycles. The molecular formula is C7H11F2N3O2S. The van der Waals surface area contributed by atoms with Crippen LogP contribution in [0.5, 0.6) is 0 Å². The summed E-state index contributed by atoms with van der Waals surface area (Å²) in [6.07, 6.45) is -0.641. The van der Waals surface area contributed by atoms with Crippen molar-refractivity contribution in [2.45, 2.75) is 13.0 Å². The van der Waals surface area contributed by atoms with Gasteiger partial charge in [0.1, 0.15) is 15.5 Å². The maximum absolute atomic E-state index is 12.5. The van der Waals surface area contributed by atoms with Gasteiger partial charge in [0.15, 0.2) is 0 Å². The van der Waals surface area contributed by atoms with E-state index < -0.39 is 22.0 Å². The molecule has 0 spiro atoms. The van der Waals surface area contributed by atoms with Gasteiger partial charge in [-0.3, -0.25) is 4.68 Å². The first-order chi connectivity index (χ1) is 6.81. The van der Waals surface area contributed by atoms with Crippen molar-refractivity contribution in [2.24, 2.45) is 0 Å². The largest absolute Gasteiger partial charge is 0.396 e. The number of rotatable bonds is 4. The SMILES string of the molecule is CS(=O)(=O)CCn1ncc(N)c1C(F)F. The molecule has 2 N–H and O–H groups in total. The van der Waals surface area contributed by atoms with Gasteiger partial charge in [-0.2, -0.15) is 5.10 Å². The molecule has 0 radical (unpaired) electrons. The van der Waals surface area contributed by atoms with Gasteiger partial charge >= 0.3 is 0 Å². The van der Waals surface area contributed by atoms with Crippen molar-refractivity contribution in [3.8, 4) is 0 Å². The van der Waals surface area contributed by atoms with Crippen LogP contribution in [0.4, 0.5) is 14.5 Å². The maximum atomic E-state index is 12.5. The Hall–Kier alpha value is -1.18. The Morgan fingerprint density at radius 2 is 2.20 bits per heavy atom. The highest BCUT2D eigenvalue weighted by atomic mass is 32.2. The van der Waals surface area contributed by atoms with Gasteiger partial charge in [0.05, 0.1) is 24.2 Å². The first-order valence-corrected chi connectivity index (χ1v) is 6.14. The van der Waals surface area contributed by atoms with Crippen molar-refractivity contribution in [1.82, 2.24) is 9.78 Å². The second kappa shape index (κ2) is 4.13. The van der Waals surface area contributed by atoms with E-state index in [0.29, 0.717) is 0 Å². The van der Waals surface area contributed by atoms with Crippen LogP contribution in [0, 0.1) is 0 Å². The molecule has 0 bridgehead atoms. The summed E-state index contributed by atoms with van der Waals surface area (Å²) in [5.41, 5.74) is 4.71. The number of nitrogens with two attached hydrogens (primary N) is 1. The van der Waals surface area contributed by atoms with Crippen LogP contribution in [0.2, 0.25) is 0 Å². The smallest absolute Gasteiger partial charge is 0.282 e. The van der Waals surface area contributed by atoms with Gasteiger partial charge < -0.3 is 5.73 Å². The Balaban J connectivity index is 2.87. The molecule has 0 aromatic carbocycles. The fourth-order valence-electron chi connectivity index (χ4n) is 1.08. The highest BCUT2D eigenvalue weighted by Crippen LogP contribution is 2.24. The van der Waals surface area contributed by atoms with E-state index in [1.54, 1.807) is 0 Å². The highest BCUT2D eigenvalue weighted by molar-refractivity contribution is 7.90. The Labute approximate surface area is 85.8 Å². The lowest BCUT2D eigenvalue weighted by molar-refractivity contribution is 0.140. The van der Waals surface area contributed by atoms with Crippen molar-refractivity contribution in [2.75, 3.05) is 17.7 Å². The number of nitrogens with zero attached hydrogens (tertiary/aromatic N) is 2. The van der Waals surface area contributed by atoms with Crippen LogP contribution < -0.4 is 5.73 Å². The molecule has 8 heteroatoms. The molecule has 5 nitrogen and oxygen atoms in total. The average molecular weight is 239 g/mol. The van der Waals surface area contributed by atoms with Crippen LogP contribution in [-0.2, 0) is 16.4 Å². The molecule has 0 amide bonds. The van der Waals surface area contributed by atoms with Gasteiger partial charge in [-0.25, -0.2) is 17.2 Å². The summed E-state index contributed by atoms with van der Waals surface area (Å²) in [6, 6.07) is 0. The Kier molecular flexibility index (Phi) is 3.28. The van der Waals surface area contributed by atoms with Crippen molar-refractivity contribution >= 4 is 15.5 Å². The number of sulfone groups is 1. The number of anilines is 1. The first-order valence-electron chi connectivity index (χ1n) is 4.08. The fourth-order valence-corrected chi connectivity index (χ4v) is 1.58. The third kappa shape index (κ3) is 3.15. The van der Waals surface area contributed by atoms with Crippen LogP contribution in [0.15, 0.2) is 6.20 Å². The number of hydrogen-bond acceptors (Lipinski definition) is 4. The van der Waals surface area contributed by atoms with Crippen molar-refractivity contribution in [3.05, 3.63) is 11.9 Å². The summed E-state index contributed by atoms with van der Waals surface area (Å²) in [4.78, 5) is 0. The molecule has 0 aliphatic heterocycles. The van der Waals surface area contributed by atoms with E-state index in [1.165, 1.54) is 0 Å². The molecule has 86 valence electrons. The minimum atomic E-state index is -3.20. The number of alkyl halides is 2. The van der Waals surface area contributed by atoms with E-state index in [-0.39, 0.29) is 18.0 Å². The standard InChI is InChI=1S/C7H11F2N3O2S/c1-15(13,14)3-2-12-6(7(8)9)5(10)4-11-12/h4,7H,2-3,10H2,1H3. The van der Waals surface area contributed by atoms with E-state index in [4.69, 9.17) is 5.73 Å². The van der Waals surface area contributed by atoms with E-state index >= 15 is 0 Å². The summed E-state index contributed by atoms with van der Waals surface area (Å²) in [5, 5.41) is 3.59. The molecule has 15 heavy (non-hydrogen) atoms.